The lowest BCUT2D eigenvalue weighted by Crippen LogP contribution is -2.22. The average Bonchev–Trinajstić information content (AvgIpc) is 2.71. The molecule has 1 N–H and O–H groups in total. The summed E-state index contributed by atoms with van der Waals surface area (Å²) >= 11 is 3.54. The number of fused-ring (bicyclic) bond motifs is 1. The Morgan fingerprint density at radius 1 is 1.53 bits per heavy atom. The maximum Gasteiger partial charge on any atom is 0.151 e. The van der Waals surface area contributed by atoms with Crippen molar-refractivity contribution in [1.82, 2.24) is 10.3 Å². The summed E-state index contributed by atoms with van der Waals surface area (Å²) in [6.45, 7) is 3.72. The Morgan fingerprint density at radius 2 is 2.35 bits per heavy atom. The van der Waals surface area contributed by atoms with Crippen LogP contribution in [0.5, 0.6) is 0 Å². The van der Waals surface area contributed by atoms with E-state index in [9.17, 15) is 0 Å². The number of thioether (sulfide) groups is 1. The highest BCUT2D eigenvalue weighted by Gasteiger charge is 2.08. The molecule has 1 aromatic heterocycles. The zero-order valence-corrected chi connectivity index (χ0v) is 11.3. The number of nitrogens with zero attached hydrogens (tertiary/aromatic N) is 1. The smallest absolute Gasteiger partial charge is 0.151 e. The third-order valence-corrected chi connectivity index (χ3v) is 4.47. The Balaban J connectivity index is 1.96. The van der Waals surface area contributed by atoms with E-state index in [0.717, 1.165) is 16.4 Å². The normalized spacial score (nSPS) is 12.5. The van der Waals surface area contributed by atoms with Gasteiger partial charge in [-0.3, -0.25) is 0 Å². The fraction of sp³-hybridized carbons (Fsp3) is 0.308. The third kappa shape index (κ3) is 3.47. The number of nitrogens with one attached hydrogen (secondary N) is 1. The standard InChI is InChI=1S/C13H14N2S2/c1-3-8-14-9-10(2)16-13-15-11-6-4-5-7-12(11)17-13/h1,4-7,10,14H,8-9H2,2H3. The highest BCUT2D eigenvalue weighted by molar-refractivity contribution is 8.01. The molecule has 2 aromatic rings. The maximum atomic E-state index is 5.19. The molecule has 17 heavy (non-hydrogen) atoms. The van der Waals surface area contributed by atoms with E-state index in [-0.39, 0.29) is 0 Å². The first-order valence-corrected chi connectivity index (χ1v) is 7.15. The minimum Gasteiger partial charge on any atom is -0.305 e. The maximum absolute atomic E-state index is 5.19. The highest BCUT2D eigenvalue weighted by atomic mass is 32.2. The predicted molar refractivity (Wildman–Crippen MR) is 76.6 cm³/mol. The zero-order valence-electron chi connectivity index (χ0n) is 9.64. The van der Waals surface area contributed by atoms with Crippen LogP contribution in [0.25, 0.3) is 10.2 Å². The van der Waals surface area contributed by atoms with E-state index >= 15 is 0 Å². The van der Waals surface area contributed by atoms with E-state index < -0.39 is 0 Å². The van der Waals surface area contributed by atoms with Crippen molar-refractivity contribution in [3.05, 3.63) is 24.3 Å². The molecule has 0 radical (unpaired) electrons. The minimum absolute atomic E-state index is 0.476. The van der Waals surface area contributed by atoms with Crippen LogP contribution in [-0.2, 0) is 0 Å². The first kappa shape index (κ1) is 12.4. The van der Waals surface area contributed by atoms with Gasteiger partial charge in [-0.2, -0.15) is 0 Å². The fourth-order valence-electron chi connectivity index (χ4n) is 1.46. The summed E-state index contributed by atoms with van der Waals surface area (Å²) in [5.41, 5.74) is 1.09. The second-order valence-corrected chi connectivity index (χ2v) is 6.43. The van der Waals surface area contributed by atoms with Gasteiger partial charge in [-0.25, -0.2) is 4.98 Å². The first-order chi connectivity index (χ1) is 8.29. The summed E-state index contributed by atoms with van der Waals surface area (Å²) in [5.74, 6) is 2.58. The fourth-order valence-corrected chi connectivity index (χ4v) is 3.81. The van der Waals surface area contributed by atoms with Crippen LogP contribution in [0.1, 0.15) is 6.92 Å². The molecule has 0 fully saturated rings. The molecule has 0 aliphatic heterocycles. The molecule has 0 saturated carbocycles. The Morgan fingerprint density at radius 3 is 3.12 bits per heavy atom. The van der Waals surface area contributed by atoms with Gasteiger partial charge >= 0.3 is 0 Å². The van der Waals surface area contributed by atoms with Crippen LogP contribution in [0.4, 0.5) is 0 Å². The highest BCUT2D eigenvalue weighted by Crippen LogP contribution is 2.31. The average molecular weight is 262 g/mol. The Labute approximate surface area is 110 Å². The van der Waals surface area contributed by atoms with Crippen LogP contribution < -0.4 is 5.32 Å². The third-order valence-electron chi connectivity index (χ3n) is 2.24. The van der Waals surface area contributed by atoms with Crippen molar-refractivity contribution in [2.75, 3.05) is 13.1 Å². The summed E-state index contributed by atoms with van der Waals surface area (Å²) < 4.78 is 2.37. The Bertz CT molecular complexity index is 494. The Kier molecular flexibility index (Phi) is 4.43. The summed E-state index contributed by atoms with van der Waals surface area (Å²) in [7, 11) is 0. The summed E-state index contributed by atoms with van der Waals surface area (Å²) in [6, 6.07) is 8.23. The summed E-state index contributed by atoms with van der Waals surface area (Å²) in [5, 5.41) is 3.68. The van der Waals surface area contributed by atoms with E-state index in [4.69, 9.17) is 6.42 Å². The van der Waals surface area contributed by atoms with Crippen molar-refractivity contribution < 1.29 is 0 Å². The van der Waals surface area contributed by atoms with Gasteiger partial charge in [-0.15, -0.1) is 17.8 Å². The van der Waals surface area contributed by atoms with Crippen molar-refractivity contribution in [1.29, 1.82) is 0 Å². The van der Waals surface area contributed by atoms with Crippen molar-refractivity contribution >= 4 is 33.3 Å². The molecule has 88 valence electrons. The molecule has 2 rings (SSSR count). The van der Waals surface area contributed by atoms with Gasteiger partial charge in [0, 0.05) is 11.8 Å². The molecule has 1 atom stereocenters. The van der Waals surface area contributed by atoms with Gasteiger partial charge in [0.25, 0.3) is 0 Å². The van der Waals surface area contributed by atoms with Gasteiger partial charge in [0.15, 0.2) is 4.34 Å². The second-order valence-electron chi connectivity index (χ2n) is 3.71. The van der Waals surface area contributed by atoms with Gasteiger partial charge in [0.1, 0.15) is 0 Å². The molecule has 0 bridgehead atoms. The first-order valence-electron chi connectivity index (χ1n) is 5.46. The van der Waals surface area contributed by atoms with Crippen molar-refractivity contribution in [3.8, 4) is 12.3 Å². The van der Waals surface area contributed by atoms with E-state index in [2.05, 4.69) is 35.3 Å². The van der Waals surface area contributed by atoms with Crippen molar-refractivity contribution in [3.63, 3.8) is 0 Å². The van der Waals surface area contributed by atoms with Gasteiger partial charge in [-0.1, -0.05) is 36.7 Å². The van der Waals surface area contributed by atoms with E-state index in [1.54, 1.807) is 23.1 Å². The van der Waals surface area contributed by atoms with Crippen molar-refractivity contribution in [2.45, 2.75) is 16.5 Å². The number of para-hydroxylation sites is 1. The van der Waals surface area contributed by atoms with Gasteiger partial charge in [-0.05, 0) is 12.1 Å². The summed E-state index contributed by atoms with van der Waals surface area (Å²) in [6.07, 6.45) is 5.19. The van der Waals surface area contributed by atoms with E-state index in [0.29, 0.717) is 11.8 Å². The second kappa shape index (κ2) is 6.06. The van der Waals surface area contributed by atoms with Crippen LogP contribution >= 0.6 is 23.1 Å². The lowest BCUT2D eigenvalue weighted by Gasteiger charge is -2.08. The van der Waals surface area contributed by atoms with Gasteiger partial charge < -0.3 is 5.32 Å². The number of hydrogen-bond donors (Lipinski definition) is 1. The molecule has 4 heteroatoms. The molecule has 1 aromatic carbocycles. The van der Waals surface area contributed by atoms with Crippen molar-refractivity contribution in [2.24, 2.45) is 0 Å². The molecule has 0 saturated heterocycles. The molecule has 0 spiro atoms. The number of aromatic nitrogens is 1. The number of terminal acetylenes is 1. The quantitative estimate of drug-likeness (QED) is 0.509. The molecule has 1 unspecified atom stereocenters. The number of benzene rings is 1. The number of thiazole rings is 1. The predicted octanol–water partition coefficient (Wildman–Crippen LogP) is 3.00. The monoisotopic (exact) mass is 262 g/mol. The van der Waals surface area contributed by atoms with E-state index in [1.807, 2.05) is 12.1 Å². The molecule has 0 aliphatic rings. The molecule has 0 aliphatic carbocycles. The largest absolute Gasteiger partial charge is 0.305 e. The molecular weight excluding hydrogens is 248 g/mol. The minimum atomic E-state index is 0.476. The van der Waals surface area contributed by atoms with Crippen LogP contribution in [0.15, 0.2) is 28.6 Å². The van der Waals surface area contributed by atoms with Crippen LogP contribution in [-0.4, -0.2) is 23.3 Å². The lowest BCUT2D eigenvalue weighted by molar-refractivity contribution is 0.748. The zero-order chi connectivity index (χ0) is 12.1. The lowest BCUT2D eigenvalue weighted by atomic mass is 10.3. The van der Waals surface area contributed by atoms with Crippen LogP contribution in [0.2, 0.25) is 0 Å². The van der Waals surface area contributed by atoms with E-state index in [1.165, 1.54) is 4.70 Å². The number of rotatable bonds is 5. The Hall–Kier alpha value is -1.02. The topological polar surface area (TPSA) is 24.9 Å². The SMILES string of the molecule is C#CCNCC(C)Sc1nc2ccccc2s1. The van der Waals surface area contributed by atoms with Gasteiger partial charge in [0.2, 0.25) is 0 Å². The van der Waals surface area contributed by atoms with Gasteiger partial charge in [0.05, 0.1) is 16.8 Å². The molecular formula is C13H14N2S2. The van der Waals surface area contributed by atoms with Crippen LogP contribution in [0.3, 0.4) is 0 Å². The molecule has 2 nitrogen and oxygen atoms in total. The molecule has 1 heterocycles. The molecule has 0 amide bonds. The summed E-state index contributed by atoms with van der Waals surface area (Å²) in [4.78, 5) is 4.59. The number of hydrogen-bond acceptors (Lipinski definition) is 4. The van der Waals surface area contributed by atoms with Crippen LogP contribution in [0, 0.1) is 12.3 Å².